The van der Waals surface area contributed by atoms with Crippen molar-refractivity contribution in [2.24, 2.45) is 5.41 Å². The SMILES string of the molecule is CCOc1ccc(C(=O)NCC(=O)NCC(C)(C)C(=O)O)cc1. The maximum atomic E-state index is 11.9. The lowest BCUT2D eigenvalue weighted by Gasteiger charge is -2.19. The Hall–Kier alpha value is -2.57. The molecule has 1 aromatic rings. The summed E-state index contributed by atoms with van der Waals surface area (Å²) in [7, 11) is 0. The quantitative estimate of drug-likeness (QED) is 0.663. The molecule has 0 bridgehead atoms. The van der Waals surface area contributed by atoms with Gasteiger partial charge in [-0.25, -0.2) is 0 Å². The highest BCUT2D eigenvalue weighted by molar-refractivity contribution is 5.96. The lowest BCUT2D eigenvalue weighted by Crippen LogP contribution is -2.43. The van der Waals surface area contributed by atoms with Crippen LogP contribution < -0.4 is 15.4 Å². The normalized spacial score (nSPS) is 10.7. The number of hydrogen-bond donors (Lipinski definition) is 3. The van der Waals surface area contributed by atoms with E-state index in [0.29, 0.717) is 17.9 Å². The first kappa shape index (κ1) is 18.5. The molecule has 0 spiro atoms. The molecule has 0 aliphatic carbocycles. The van der Waals surface area contributed by atoms with Crippen LogP contribution in [0.15, 0.2) is 24.3 Å². The molecule has 0 aliphatic rings. The fourth-order valence-corrected chi connectivity index (χ4v) is 1.59. The van der Waals surface area contributed by atoms with Gasteiger partial charge in [-0.15, -0.1) is 0 Å². The van der Waals surface area contributed by atoms with Crippen molar-refractivity contribution in [3.8, 4) is 5.75 Å². The first-order valence-corrected chi connectivity index (χ1v) is 7.27. The molecular weight excluding hydrogens is 300 g/mol. The highest BCUT2D eigenvalue weighted by atomic mass is 16.5. The lowest BCUT2D eigenvalue weighted by molar-refractivity contribution is -0.146. The maximum absolute atomic E-state index is 11.9. The van der Waals surface area contributed by atoms with Crippen molar-refractivity contribution in [1.82, 2.24) is 10.6 Å². The third-order valence-electron chi connectivity index (χ3n) is 3.14. The largest absolute Gasteiger partial charge is 0.494 e. The highest BCUT2D eigenvalue weighted by Gasteiger charge is 2.27. The first-order chi connectivity index (χ1) is 10.8. The number of carbonyl (C=O) groups is 3. The first-order valence-electron chi connectivity index (χ1n) is 7.27. The molecule has 0 radical (unpaired) electrons. The zero-order valence-electron chi connectivity index (χ0n) is 13.5. The summed E-state index contributed by atoms with van der Waals surface area (Å²) in [6, 6.07) is 6.55. The Labute approximate surface area is 135 Å². The molecule has 0 heterocycles. The van der Waals surface area contributed by atoms with Crippen molar-refractivity contribution in [2.75, 3.05) is 19.7 Å². The fourth-order valence-electron chi connectivity index (χ4n) is 1.59. The molecule has 1 aromatic carbocycles. The summed E-state index contributed by atoms with van der Waals surface area (Å²) in [5.41, 5.74) is -0.651. The van der Waals surface area contributed by atoms with E-state index in [1.165, 1.54) is 13.8 Å². The number of carbonyl (C=O) groups excluding carboxylic acids is 2. The molecular formula is C16H22N2O5. The third-order valence-corrected chi connectivity index (χ3v) is 3.14. The van der Waals surface area contributed by atoms with E-state index in [1.54, 1.807) is 24.3 Å². The standard InChI is InChI=1S/C16H22N2O5/c1-4-23-12-7-5-11(6-8-12)14(20)17-9-13(19)18-10-16(2,3)15(21)22/h5-8H,4,9-10H2,1-3H3,(H,17,20)(H,18,19)(H,21,22). The van der Waals surface area contributed by atoms with Crippen LogP contribution in [0.4, 0.5) is 0 Å². The number of carboxylic acid groups (broad SMARTS) is 1. The van der Waals surface area contributed by atoms with Crippen LogP contribution >= 0.6 is 0 Å². The summed E-state index contributed by atoms with van der Waals surface area (Å²) in [5.74, 6) is -1.17. The van der Waals surface area contributed by atoms with E-state index in [4.69, 9.17) is 9.84 Å². The number of amides is 2. The molecule has 1 rings (SSSR count). The van der Waals surface area contributed by atoms with Gasteiger partial charge in [-0.2, -0.15) is 0 Å². The number of rotatable bonds is 8. The van der Waals surface area contributed by atoms with E-state index in [9.17, 15) is 14.4 Å². The molecule has 3 N–H and O–H groups in total. The van der Waals surface area contributed by atoms with Crippen molar-refractivity contribution in [2.45, 2.75) is 20.8 Å². The summed E-state index contributed by atoms with van der Waals surface area (Å²) in [5, 5.41) is 13.9. The van der Waals surface area contributed by atoms with Gasteiger partial charge in [-0.1, -0.05) is 0 Å². The topological polar surface area (TPSA) is 105 Å². The number of ether oxygens (including phenoxy) is 1. The zero-order chi connectivity index (χ0) is 17.5. The van der Waals surface area contributed by atoms with Crippen molar-refractivity contribution >= 4 is 17.8 Å². The number of hydrogen-bond acceptors (Lipinski definition) is 4. The van der Waals surface area contributed by atoms with Gasteiger partial charge < -0.3 is 20.5 Å². The number of nitrogens with one attached hydrogen (secondary N) is 2. The summed E-state index contributed by atoms with van der Waals surface area (Å²) < 4.78 is 5.28. The Morgan fingerprint density at radius 1 is 1.13 bits per heavy atom. The average molecular weight is 322 g/mol. The second kappa shape index (κ2) is 8.17. The molecule has 0 fully saturated rings. The van der Waals surface area contributed by atoms with Crippen LogP contribution in [0.3, 0.4) is 0 Å². The van der Waals surface area contributed by atoms with Crippen molar-refractivity contribution in [1.29, 1.82) is 0 Å². The highest BCUT2D eigenvalue weighted by Crippen LogP contribution is 2.13. The average Bonchev–Trinajstić information content (AvgIpc) is 2.51. The second-order valence-electron chi connectivity index (χ2n) is 5.61. The second-order valence-corrected chi connectivity index (χ2v) is 5.61. The third kappa shape index (κ3) is 5.98. The van der Waals surface area contributed by atoms with E-state index < -0.39 is 17.3 Å². The van der Waals surface area contributed by atoms with Gasteiger partial charge in [0.2, 0.25) is 5.91 Å². The van der Waals surface area contributed by atoms with E-state index in [0.717, 1.165) is 0 Å². The maximum Gasteiger partial charge on any atom is 0.310 e. The van der Waals surface area contributed by atoms with Gasteiger partial charge in [0.15, 0.2) is 0 Å². The molecule has 126 valence electrons. The van der Waals surface area contributed by atoms with E-state index in [-0.39, 0.29) is 19.0 Å². The Kier molecular flexibility index (Phi) is 6.56. The van der Waals surface area contributed by atoms with Crippen LogP contribution in [0.25, 0.3) is 0 Å². The van der Waals surface area contributed by atoms with Crippen LogP contribution in [-0.4, -0.2) is 42.6 Å². The van der Waals surface area contributed by atoms with Gasteiger partial charge >= 0.3 is 5.97 Å². The van der Waals surface area contributed by atoms with Crippen LogP contribution in [0.2, 0.25) is 0 Å². The Morgan fingerprint density at radius 3 is 2.26 bits per heavy atom. The fraction of sp³-hybridized carbons (Fsp3) is 0.438. The summed E-state index contributed by atoms with van der Waals surface area (Å²) in [6.45, 7) is 5.19. The van der Waals surface area contributed by atoms with Crippen LogP contribution in [0.1, 0.15) is 31.1 Å². The molecule has 7 nitrogen and oxygen atoms in total. The van der Waals surface area contributed by atoms with E-state index in [1.807, 2.05) is 6.92 Å². The van der Waals surface area contributed by atoms with Gasteiger partial charge in [0.1, 0.15) is 5.75 Å². The number of carboxylic acids is 1. The van der Waals surface area contributed by atoms with Gasteiger partial charge in [0, 0.05) is 12.1 Å². The molecule has 0 unspecified atom stereocenters. The van der Waals surface area contributed by atoms with E-state index in [2.05, 4.69) is 10.6 Å². The summed E-state index contributed by atoms with van der Waals surface area (Å²) >= 11 is 0. The van der Waals surface area contributed by atoms with Crippen LogP contribution in [-0.2, 0) is 9.59 Å². The molecule has 7 heteroatoms. The smallest absolute Gasteiger partial charge is 0.310 e. The summed E-state index contributed by atoms with van der Waals surface area (Å²) in [6.07, 6.45) is 0. The lowest BCUT2D eigenvalue weighted by atomic mass is 9.94. The van der Waals surface area contributed by atoms with E-state index >= 15 is 0 Å². The Morgan fingerprint density at radius 2 is 1.74 bits per heavy atom. The van der Waals surface area contributed by atoms with Crippen molar-refractivity contribution in [3.63, 3.8) is 0 Å². The molecule has 0 aliphatic heterocycles. The molecule has 0 saturated carbocycles. The van der Waals surface area contributed by atoms with Crippen LogP contribution in [0, 0.1) is 5.41 Å². The monoisotopic (exact) mass is 322 g/mol. The van der Waals surface area contributed by atoms with Crippen molar-refractivity contribution in [3.05, 3.63) is 29.8 Å². The van der Waals surface area contributed by atoms with Gasteiger partial charge in [-0.3, -0.25) is 14.4 Å². The minimum atomic E-state index is -1.06. The number of benzene rings is 1. The van der Waals surface area contributed by atoms with Gasteiger partial charge in [0.05, 0.1) is 18.6 Å². The Bertz CT molecular complexity index is 566. The molecule has 23 heavy (non-hydrogen) atoms. The molecule has 0 aromatic heterocycles. The van der Waals surface area contributed by atoms with Crippen LogP contribution in [0.5, 0.6) is 5.75 Å². The van der Waals surface area contributed by atoms with Crippen molar-refractivity contribution < 1.29 is 24.2 Å². The predicted molar refractivity (Wildman–Crippen MR) is 84.4 cm³/mol. The summed E-state index contributed by atoms with van der Waals surface area (Å²) in [4.78, 5) is 34.5. The number of aliphatic carboxylic acids is 1. The zero-order valence-corrected chi connectivity index (χ0v) is 13.5. The van der Waals surface area contributed by atoms with Gasteiger partial charge in [-0.05, 0) is 45.0 Å². The Balaban J connectivity index is 2.43. The predicted octanol–water partition coefficient (Wildman–Crippen LogP) is 1.04. The van der Waals surface area contributed by atoms with Gasteiger partial charge in [0.25, 0.3) is 5.91 Å². The molecule has 2 amide bonds. The molecule has 0 saturated heterocycles. The minimum Gasteiger partial charge on any atom is -0.494 e. The minimum absolute atomic E-state index is 0.0138. The molecule has 0 atom stereocenters.